The first-order chi connectivity index (χ1) is 8.92. The van der Waals surface area contributed by atoms with E-state index in [0.29, 0.717) is 0 Å². The van der Waals surface area contributed by atoms with Crippen LogP contribution in [0.2, 0.25) is 0 Å². The second-order valence-corrected chi connectivity index (χ2v) is 5.61. The van der Waals surface area contributed by atoms with Gasteiger partial charge in [-0.2, -0.15) is 0 Å². The van der Waals surface area contributed by atoms with E-state index in [4.69, 9.17) is 14.9 Å². The molecule has 0 spiro atoms. The highest BCUT2D eigenvalue weighted by molar-refractivity contribution is 7.91. The Hall–Kier alpha value is -1.71. The standard InChI is InChI=1S/C10H13NO7S/c12-3-5-18-10-2-1-8(7-9(10)11(14)15)19(16,17)6-4-13/h1-2,7,12-13H,3-6H2. The highest BCUT2D eigenvalue weighted by Gasteiger charge is 2.22. The molecular formula is C10H13NO7S. The lowest BCUT2D eigenvalue weighted by Gasteiger charge is -2.07. The third-order valence-electron chi connectivity index (χ3n) is 2.20. The molecule has 0 saturated carbocycles. The summed E-state index contributed by atoms with van der Waals surface area (Å²) in [6.07, 6.45) is 0. The zero-order valence-corrected chi connectivity index (χ0v) is 10.7. The van der Waals surface area contributed by atoms with Crippen LogP contribution in [-0.4, -0.2) is 49.1 Å². The lowest BCUT2D eigenvalue weighted by atomic mass is 10.3. The molecule has 2 N–H and O–H groups in total. The topological polar surface area (TPSA) is 127 Å². The Balaban J connectivity index is 3.20. The van der Waals surface area contributed by atoms with Gasteiger partial charge >= 0.3 is 5.69 Å². The molecule has 0 aliphatic rings. The first-order valence-corrected chi connectivity index (χ1v) is 6.93. The van der Waals surface area contributed by atoms with Gasteiger partial charge in [0.05, 0.1) is 28.8 Å². The SMILES string of the molecule is O=[N+]([O-])c1cc(S(=O)(=O)CCO)ccc1OCCO. The quantitative estimate of drug-likeness (QED) is 0.523. The molecule has 0 fully saturated rings. The molecule has 0 aliphatic carbocycles. The Kier molecular flexibility index (Phi) is 5.21. The minimum atomic E-state index is -3.76. The molecule has 0 amide bonds. The number of hydrogen-bond donors (Lipinski definition) is 2. The Bertz CT molecular complexity index is 555. The first-order valence-electron chi connectivity index (χ1n) is 5.28. The minimum Gasteiger partial charge on any atom is -0.484 e. The van der Waals surface area contributed by atoms with E-state index in [9.17, 15) is 18.5 Å². The third kappa shape index (κ3) is 3.88. The molecule has 1 aromatic rings. The van der Waals surface area contributed by atoms with Gasteiger partial charge in [-0.3, -0.25) is 10.1 Å². The Labute approximate surface area is 109 Å². The summed E-state index contributed by atoms with van der Waals surface area (Å²) in [6, 6.07) is 3.18. The fraction of sp³-hybridized carbons (Fsp3) is 0.400. The van der Waals surface area contributed by atoms with Crippen molar-refractivity contribution in [1.82, 2.24) is 0 Å². The molecule has 8 nitrogen and oxygen atoms in total. The zero-order valence-electron chi connectivity index (χ0n) is 9.85. The number of ether oxygens (including phenoxy) is 1. The molecule has 106 valence electrons. The molecule has 19 heavy (non-hydrogen) atoms. The zero-order chi connectivity index (χ0) is 14.5. The molecular weight excluding hydrogens is 278 g/mol. The normalized spacial score (nSPS) is 11.3. The van der Waals surface area contributed by atoms with Crippen molar-refractivity contribution in [2.45, 2.75) is 4.90 Å². The van der Waals surface area contributed by atoms with E-state index < -0.39 is 32.8 Å². The molecule has 1 aromatic carbocycles. The number of sulfone groups is 1. The van der Waals surface area contributed by atoms with Gasteiger partial charge in [0, 0.05) is 6.07 Å². The van der Waals surface area contributed by atoms with Gasteiger partial charge in [0.1, 0.15) is 6.61 Å². The van der Waals surface area contributed by atoms with Crippen molar-refractivity contribution in [2.75, 3.05) is 25.6 Å². The van der Waals surface area contributed by atoms with E-state index in [0.717, 1.165) is 18.2 Å². The van der Waals surface area contributed by atoms with Gasteiger partial charge in [-0.25, -0.2) is 8.42 Å². The monoisotopic (exact) mass is 291 g/mol. The number of aliphatic hydroxyl groups is 2. The molecule has 0 unspecified atom stereocenters. The summed E-state index contributed by atoms with van der Waals surface area (Å²) >= 11 is 0. The highest BCUT2D eigenvalue weighted by atomic mass is 32.2. The molecule has 0 bridgehead atoms. The molecule has 0 atom stereocenters. The molecule has 0 heterocycles. The van der Waals surface area contributed by atoms with Crippen LogP contribution in [0.15, 0.2) is 23.1 Å². The van der Waals surface area contributed by atoms with Crippen LogP contribution in [-0.2, 0) is 9.84 Å². The van der Waals surface area contributed by atoms with Crippen LogP contribution in [0, 0.1) is 10.1 Å². The number of rotatable bonds is 7. The van der Waals surface area contributed by atoms with Crippen LogP contribution in [0.3, 0.4) is 0 Å². The Morgan fingerprint density at radius 2 is 1.95 bits per heavy atom. The number of benzene rings is 1. The second kappa shape index (κ2) is 6.45. The average Bonchev–Trinajstić information content (AvgIpc) is 2.35. The van der Waals surface area contributed by atoms with E-state index in [1.807, 2.05) is 0 Å². The van der Waals surface area contributed by atoms with Crippen molar-refractivity contribution < 1.29 is 28.3 Å². The van der Waals surface area contributed by atoms with E-state index in [1.165, 1.54) is 0 Å². The van der Waals surface area contributed by atoms with E-state index in [1.54, 1.807) is 0 Å². The summed E-state index contributed by atoms with van der Waals surface area (Å²) in [7, 11) is -3.76. The molecule has 0 saturated heterocycles. The van der Waals surface area contributed by atoms with Crippen molar-refractivity contribution >= 4 is 15.5 Å². The van der Waals surface area contributed by atoms with Crippen LogP contribution in [0.1, 0.15) is 0 Å². The molecule has 0 aliphatic heterocycles. The van der Waals surface area contributed by atoms with Gasteiger partial charge in [0.25, 0.3) is 0 Å². The highest BCUT2D eigenvalue weighted by Crippen LogP contribution is 2.30. The van der Waals surface area contributed by atoms with Crippen molar-refractivity contribution in [3.63, 3.8) is 0 Å². The van der Waals surface area contributed by atoms with E-state index in [2.05, 4.69) is 0 Å². The van der Waals surface area contributed by atoms with Crippen LogP contribution < -0.4 is 4.74 Å². The van der Waals surface area contributed by atoms with Crippen molar-refractivity contribution in [2.24, 2.45) is 0 Å². The van der Waals surface area contributed by atoms with Crippen LogP contribution in [0.25, 0.3) is 0 Å². The van der Waals surface area contributed by atoms with Crippen LogP contribution >= 0.6 is 0 Å². The fourth-order valence-corrected chi connectivity index (χ4v) is 2.39. The maximum Gasteiger partial charge on any atom is 0.312 e. The van der Waals surface area contributed by atoms with Crippen LogP contribution in [0.4, 0.5) is 5.69 Å². The summed E-state index contributed by atoms with van der Waals surface area (Å²) in [6.45, 7) is -1.02. The predicted octanol–water partition coefficient (Wildman–Crippen LogP) is -0.268. The van der Waals surface area contributed by atoms with Crippen molar-refractivity contribution in [3.05, 3.63) is 28.3 Å². The molecule has 9 heteroatoms. The smallest absolute Gasteiger partial charge is 0.312 e. The first kappa shape index (κ1) is 15.3. The largest absolute Gasteiger partial charge is 0.484 e. The van der Waals surface area contributed by atoms with Gasteiger partial charge in [-0.05, 0) is 12.1 Å². The molecule has 0 radical (unpaired) electrons. The van der Waals surface area contributed by atoms with Gasteiger partial charge < -0.3 is 14.9 Å². The summed E-state index contributed by atoms with van der Waals surface area (Å²) in [5, 5.41) is 28.1. The van der Waals surface area contributed by atoms with Crippen molar-refractivity contribution in [1.29, 1.82) is 0 Å². The fourth-order valence-electron chi connectivity index (χ4n) is 1.35. The summed E-state index contributed by atoms with van der Waals surface area (Å²) < 4.78 is 28.3. The third-order valence-corrected chi connectivity index (χ3v) is 3.89. The number of nitro benzene ring substituents is 1. The number of nitrogens with zero attached hydrogens (tertiary/aromatic N) is 1. The van der Waals surface area contributed by atoms with Gasteiger partial charge in [0.15, 0.2) is 15.6 Å². The predicted molar refractivity (Wildman–Crippen MR) is 64.8 cm³/mol. The van der Waals surface area contributed by atoms with E-state index in [-0.39, 0.29) is 23.9 Å². The maximum atomic E-state index is 11.7. The van der Waals surface area contributed by atoms with Gasteiger partial charge in [-0.15, -0.1) is 0 Å². The van der Waals surface area contributed by atoms with Gasteiger partial charge in [0.2, 0.25) is 0 Å². The minimum absolute atomic E-state index is 0.123. The van der Waals surface area contributed by atoms with Crippen molar-refractivity contribution in [3.8, 4) is 5.75 Å². The summed E-state index contributed by atoms with van der Waals surface area (Å²) in [5.41, 5.74) is -0.507. The summed E-state index contributed by atoms with van der Waals surface area (Å²) in [5.74, 6) is -0.636. The number of aliphatic hydroxyl groups excluding tert-OH is 2. The van der Waals surface area contributed by atoms with Crippen LogP contribution in [0.5, 0.6) is 5.75 Å². The number of hydrogen-bond acceptors (Lipinski definition) is 7. The summed E-state index contributed by atoms with van der Waals surface area (Å²) in [4.78, 5) is 9.81. The number of nitro groups is 1. The lowest BCUT2D eigenvalue weighted by Crippen LogP contribution is -2.11. The molecule has 0 aromatic heterocycles. The average molecular weight is 291 g/mol. The lowest BCUT2D eigenvalue weighted by molar-refractivity contribution is -0.386. The van der Waals surface area contributed by atoms with Gasteiger partial charge in [-0.1, -0.05) is 0 Å². The Morgan fingerprint density at radius 3 is 2.47 bits per heavy atom. The maximum absolute atomic E-state index is 11.7. The second-order valence-electron chi connectivity index (χ2n) is 3.50. The Morgan fingerprint density at radius 1 is 1.26 bits per heavy atom. The molecule has 1 rings (SSSR count). The van der Waals surface area contributed by atoms with E-state index >= 15 is 0 Å².